The van der Waals surface area contributed by atoms with E-state index in [0.717, 1.165) is 12.1 Å². The SMILES string of the molecule is CC[C@](O)(c1ccc(C(F)(F)F)cc1)C(C)CN(C)C. The molecule has 1 unspecified atom stereocenters. The highest BCUT2D eigenvalue weighted by molar-refractivity contribution is 5.29. The molecule has 0 bridgehead atoms. The molecule has 1 rings (SSSR count). The molecule has 2 nitrogen and oxygen atoms in total. The molecule has 0 saturated heterocycles. The van der Waals surface area contributed by atoms with Crippen molar-refractivity contribution in [3.63, 3.8) is 0 Å². The van der Waals surface area contributed by atoms with E-state index in [-0.39, 0.29) is 5.92 Å². The van der Waals surface area contributed by atoms with Crippen LogP contribution in [0.5, 0.6) is 0 Å². The molecule has 0 spiro atoms. The number of benzene rings is 1. The van der Waals surface area contributed by atoms with E-state index < -0.39 is 17.3 Å². The van der Waals surface area contributed by atoms with Gasteiger partial charge in [-0.2, -0.15) is 13.2 Å². The van der Waals surface area contributed by atoms with Crippen LogP contribution in [0.3, 0.4) is 0 Å². The Morgan fingerprint density at radius 3 is 1.90 bits per heavy atom. The smallest absolute Gasteiger partial charge is 0.385 e. The molecule has 1 aromatic carbocycles. The van der Waals surface area contributed by atoms with Crippen LogP contribution >= 0.6 is 0 Å². The van der Waals surface area contributed by atoms with E-state index in [2.05, 4.69) is 0 Å². The van der Waals surface area contributed by atoms with Crippen LogP contribution in [0, 0.1) is 5.92 Å². The van der Waals surface area contributed by atoms with Gasteiger partial charge in [-0.25, -0.2) is 0 Å². The van der Waals surface area contributed by atoms with Crippen molar-refractivity contribution in [1.29, 1.82) is 0 Å². The summed E-state index contributed by atoms with van der Waals surface area (Å²) in [4.78, 5) is 1.95. The van der Waals surface area contributed by atoms with Gasteiger partial charge in [0.05, 0.1) is 11.2 Å². The summed E-state index contributed by atoms with van der Waals surface area (Å²) >= 11 is 0. The van der Waals surface area contributed by atoms with Crippen LogP contribution < -0.4 is 0 Å². The lowest BCUT2D eigenvalue weighted by atomic mass is 9.79. The number of aliphatic hydroxyl groups is 1. The molecule has 0 fully saturated rings. The molecule has 0 saturated carbocycles. The fourth-order valence-corrected chi connectivity index (χ4v) is 2.48. The molecular weight excluding hydrogens is 267 g/mol. The molecule has 2 atom stereocenters. The maximum Gasteiger partial charge on any atom is 0.416 e. The van der Waals surface area contributed by atoms with Crippen LogP contribution in [0.1, 0.15) is 31.4 Å². The lowest BCUT2D eigenvalue weighted by Gasteiger charge is -2.35. The van der Waals surface area contributed by atoms with Gasteiger partial charge in [0.1, 0.15) is 0 Å². The molecule has 0 radical (unpaired) electrons. The van der Waals surface area contributed by atoms with E-state index in [9.17, 15) is 18.3 Å². The first kappa shape index (κ1) is 17.0. The van der Waals surface area contributed by atoms with Gasteiger partial charge in [-0.15, -0.1) is 0 Å². The summed E-state index contributed by atoms with van der Waals surface area (Å²) in [7, 11) is 3.80. The standard InChI is InChI=1S/C15H22F3NO/c1-5-14(20,11(2)10-19(3)4)12-6-8-13(9-7-12)15(16,17)18/h6-9,11,20H,5,10H2,1-4H3/t11?,14-/m1/s1. The molecule has 1 aromatic rings. The number of hydrogen-bond donors (Lipinski definition) is 1. The first-order chi connectivity index (χ1) is 9.11. The number of hydrogen-bond acceptors (Lipinski definition) is 2. The number of alkyl halides is 3. The fourth-order valence-electron chi connectivity index (χ4n) is 2.48. The van der Waals surface area contributed by atoms with Crippen molar-refractivity contribution in [2.45, 2.75) is 32.0 Å². The predicted molar refractivity (Wildman–Crippen MR) is 73.3 cm³/mol. The maximum atomic E-state index is 12.6. The van der Waals surface area contributed by atoms with E-state index in [1.165, 1.54) is 12.1 Å². The van der Waals surface area contributed by atoms with Gasteiger partial charge in [-0.1, -0.05) is 26.0 Å². The summed E-state index contributed by atoms with van der Waals surface area (Å²) in [6.45, 7) is 4.40. The average Bonchev–Trinajstić information content (AvgIpc) is 2.36. The summed E-state index contributed by atoms with van der Waals surface area (Å²) in [5, 5.41) is 10.8. The van der Waals surface area contributed by atoms with Crippen molar-refractivity contribution in [2.75, 3.05) is 20.6 Å². The molecule has 0 aliphatic heterocycles. The third-order valence-electron chi connectivity index (χ3n) is 3.71. The van der Waals surface area contributed by atoms with Gasteiger partial charge in [-0.3, -0.25) is 0 Å². The first-order valence-electron chi connectivity index (χ1n) is 6.66. The second-order valence-electron chi connectivity index (χ2n) is 5.52. The average molecular weight is 289 g/mol. The minimum absolute atomic E-state index is 0.0840. The molecule has 114 valence electrons. The summed E-state index contributed by atoms with van der Waals surface area (Å²) in [6.07, 6.45) is -3.90. The Bertz CT molecular complexity index is 428. The Balaban J connectivity index is 3.06. The number of rotatable bonds is 5. The van der Waals surface area contributed by atoms with Gasteiger partial charge in [0.15, 0.2) is 0 Å². The van der Waals surface area contributed by atoms with E-state index in [4.69, 9.17) is 0 Å². The monoisotopic (exact) mass is 289 g/mol. The van der Waals surface area contributed by atoms with Gasteiger partial charge < -0.3 is 10.0 Å². The van der Waals surface area contributed by atoms with Gasteiger partial charge in [0, 0.05) is 12.5 Å². The topological polar surface area (TPSA) is 23.5 Å². The highest BCUT2D eigenvalue weighted by Crippen LogP contribution is 2.36. The Morgan fingerprint density at radius 2 is 1.55 bits per heavy atom. The van der Waals surface area contributed by atoms with Crippen molar-refractivity contribution >= 4 is 0 Å². The van der Waals surface area contributed by atoms with Gasteiger partial charge >= 0.3 is 6.18 Å². The Labute approximate surface area is 118 Å². The van der Waals surface area contributed by atoms with Gasteiger partial charge in [-0.05, 0) is 38.2 Å². The van der Waals surface area contributed by atoms with E-state index in [1.54, 1.807) is 0 Å². The number of halogens is 3. The van der Waals surface area contributed by atoms with Gasteiger partial charge in [0.2, 0.25) is 0 Å². The van der Waals surface area contributed by atoms with Gasteiger partial charge in [0.25, 0.3) is 0 Å². The van der Waals surface area contributed by atoms with Crippen molar-refractivity contribution < 1.29 is 18.3 Å². The largest absolute Gasteiger partial charge is 0.416 e. The van der Waals surface area contributed by atoms with E-state index in [1.807, 2.05) is 32.8 Å². The first-order valence-corrected chi connectivity index (χ1v) is 6.66. The van der Waals surface area contributed by atoms with Crippen LogP contribution in [0.25, 0.3) is 0 Å². The molecular formula is C15H22F3NO. The van der Waals surface area contributed by atoms with Crippen molar-refractivity contribution in [1.82, 2.24) is 4.90 Å². The minimum atomic E-state index is -4.35. The fraction of sp³-hybridized carbons (Fsp3) is 0.600. The van der Waals surface area contributed by atoms with Crippen molar-refractivity contribution in [2.24, 2.45) is 5.92 Å². The lowest BCUT2D eigenvalue weighted by Crippen LogP contribution is -2.38. The van der Waals surface area contributed by atoms with Crippen LogP contribution in [-0.2, 0) is 11.8 Å². The lowest BCUT2D eigenvalue weighted by molar-refractivity contribution is -0.137. The van der Waals surface area contributed by atoms with E-state index >= 15 is 0 Å². The molecule has 0 amide bonds. The Hall–Kier alpha value is -1.07. The number of nitrogens with zero attached hydrogens (tertiary/aromatic N) is 1. The van der Waals surface area contributed by atoms with Crippen molar-refractivity contribution in [3.8, 4) is 0 Å². The Kier molecular flexibility index (Phi) is 5.21. The highest BCUT2D eigenvalue weighted by Gasteiger charge is 2.35. The zero-order valence-corrected chi connectivity index (χ0v) is 12.3. The van der Waals surface area contributed by atoms with Crippen LogP contribution in [0.2, 0.25) is 0 Å². The highest BCUT2D eigenvalue weighted by atomic mass is 19.4. The zero-order valence-electron chi connectivity index (χ0n) is 12.3. The molecule has 0 aromatic heterocycles. The zero-order chi connectivity index (χ0) is 15.6. The van der Waals surface area contributed by atoms with Crippen LogP contribution in [-0.4, -0.2) is 30.6 Å². The minimum Gasteiger partial charge on any atom is -0.385 e. The second-order valence-corrected chi connectivity index (χ2v) is 5.52. The van der Waals surface area contributed by atoms with E-state index in [0.29, 0.717) is 18.5 Å². The molecule has 0 aliphatic carbocycles. The summed E-state index contributed by atoms with van der Waals surface area (Å²) in [5.41, 5.74) is -1.28. The normalized spacial score (nSPS) is 17.1. The molecule has 0 aliphatic rings. The van der Waals surface area contributed by atoms with Crippen LogP contribution in [0.4, 0.5) is 13.2 Å². The summed E-state index contributed by atoms with van der Waals surface area (Å²) in [5.74, 6) is -0.0840. The predicted octanol–water partition coefficient (Wildman–Crippen LogP) is 3.50. The molecule has 1 N–H and O–H groups in total. The quantitative estimate of drug-likeness (QED) is 0.896. The molecule has 5 heteroatoms. The third kappa shape index (κ3) is 3.73. The van der Waals surface area contributed by atoms with Crippen LogP contribution in [0.15, 0.2) is 24.3 Å². The van der Waals surface area contributed by atoms with Crippen molar-refractivity contribution in [3.05, 3.63) is 35.4 Å². The maximum absolute atomic E-state index is 12.6. The third-order valence-corrected chi connectivity index (χ3v) is 3.71. The molecule has 20 heavy (non-hydrogen) atoms. The second kappa shape index (κ2) is 6.14. The Morgan fingerprint density at radius 1 is 1.10 bits per heavy atom. The summed E-state index contributed by atoms with van der Waals surface area (Å²) < 4.78 is 37.7. The summed E-state index contributed by atoms with van der Waals surface area (Å²) in [6, 6.07) is 4.80. The molecule has 0 heterocycles.